The van der Waals surface area contributed by atoms with Crippen molar-refractivity contribution in [3.05, 3.63) is 0 Å². The summed E-state index contributed by atoms with van der Waals surface area (Å²) >= 11 is 0. The van der Waals surface area contributed by atoms with E-state index in [1.165, 1.54) is 12.8 Å². The molecule has 22 heavy (non-hydrogen) atoms. The Morgan fingerprint density at radius 1 is 1.00 bits per heavy atom. The fourth-order valence-corrected chi connectivity index (χ4v) is 4.30. The van der Waals surface area contributed by atoms with E-state index in [4.69, 9.17) is 4.74 Å². The average molecular weight is 312 g/mol. The molecule has 0 aromatic heterocycles. The van der Waals surface area contributed by atoms with Crippen LogP contribution in [0, 0.1) is 17.8 Å². The maximum atomic E-state index is 14.1. The van der Waals surface area contributed by atoms with E-state index >= 15 is 0 Å². The lowest BCUT2D eigenvalue weighted by atomic mass is 9.80. The lowest BCUT2D eigenvalue weighted by molar-refractivity contribution is -0.158. The van der Waals surface area contributed by atoms with E-state index < -0.39 is 6.17 Å². The summed E-state index contributed by atoms with van der Waals surface area (Å²) in [6.07, 6.45) is 9.94. The van der Waals surface area contributed by atoms with E-state index in [-0.39, 0.29) is 23.9 Å². The molecule has 3 atom stereocenters. The van der Waals surface area contributed by atoms with Crippen LogP contribution < -0.4 is 0 Å². The van der Waals surface area contributed by atoms with Crippen LogP contribution in [0.3, 0.4) is 0 Å². The fraction of sp³-hybridized carbons (Fsp3) is 0.947. The molecule has 0 bridgehead atoms. The minimum Gasteiger partial charge on any atom is -0.462 e. The molecule has 0 aliphatic heterocycles. The van der Waals surface area contributed by atoms with Gasteiger partial charge in [0, 0.05) is 6.42 Å². The van der Waals surface area contributed by atoms with E-state index in [2.05, 4.69) is 13.8 Å². The van der Waals surface area contributed by atoms with E-state index in [1.807, 2.05) is 0 Å². The Bertz CT molecular complexity index is 336. The Morgan fingerprint density at radius 2 is 1.68 bits per heavy atom. The third kappa shape index (κ3) is 4.96. The highest BCUT2D eigenvalue weighted by atomic mass is 19.1. The first kappa shape index (κ1) is 17.7. The topological polar surface area (TPSA) is 26.3 Å². The van der Waals surface area contributed by atoms with Gasteiger partial charge in [0.05, 0.1) is 5.92 Å². The molecule has 0 heterocycles. The number of rotatable bonds is 6. The highest BCUT2D eigenvalue weighted by Gasteiger charge is 2.34. The van der Waals surface area contributed by atoms with Crippen LogP contribution >= 0.6 is 0 Å². The molecule has 0 aromatic rings. The number of alkyl halides is 1. The van der Waals surface area contributed by atoms with Crippen molar-refractivity contribution in [3.63, 3.8) is 0 Å². The van der Waals surface area contributed by atoms with Crippen molar-refractivity contribution in [1.82, 2.24) is 0 Å². The Kier molecular flexibility index (Phi) is 7.17. The van der Waals surface area contributed by atoms with Gasteiger partial charge in [-0.05, 0) is 56.8 Å². The second-order valence-corrected chi connectivity index (χ2v) is 7.44. The van der Waals surface area contributed by atoms with Crippen molar-refractivity contribution in [2.24, 2.45) is 17.8 Å². The van der Waals surface area contributed by atoms with Gasteiger partial charge in [-0.1, -0.05) is 33.1 Å². The van der Waals surface area contributed by atoms with Gasteiger partial charge in [-0.2, -0.15) is 0 Å². The fourth-order valence-electron chi connectivity index (χ4n) is 4.30. The number of hydrogen-bond acceptors (Lipinski definition) is 2. The van der Waals surface area contributed by atoms with Crippen LogP contribution in [-0.4, -0.2) is 18.2 Å². The number of hydrogen-bond donors (Lipinski definition) is 0. The average Bonchev–Trinajstić information content (AvgIpc) is 2.51. The maximum absolute atomic E-state index is 14.1. The Morgan fingerprint density at radius 3 is 2.27 bits per heavy atom. The first-order valence-corrected chi connectivity index (χ1v) is 9.48. The minimum atomic E-state index is -0.785. The predicted molar refractivity (Wildman–Crippen MR) is 87.4 cm³/mol. The smallest absolute Gasteiger partial charge is 0.309 e. The van der Waals surface area contributed by atoms with Crippen LogP contribution in [0.5, 0.6) is 0 Å². The largest absolute Gasteiger partial charge is 0.462 e. The number of ether oxygens (including phenoxy) is 1. The molecule has 0 N–H and O–H groups in total. The molecular formula is C19H33FO2. The monoisotopic (exact) mass is 312 g/mol. The van der Waals surface area contributed by atoms with E-state index in [9.17, 15) is 9.18 Å². The number of halogens is 1. The summed E-state index contributed by atoms with van der Waals surface area (Å²) in [5, 5.41) is 0. The zero-order valence-electron chi connectivity index (χ0n) is 14.4. The van der Waals surface area contributed by atoms with Crippen molar-refractivity contribution in [1.29, 1.82) is 0 Å². The molecule has 0 radical (unpaired) electrons. The Hall–Kier alpha value is -0.600. The summed E-state index contributed by atoms with van der Waals surface area (Å²) in [6.45, 7) is 4.33. The van der Waals surface area contributed by atoms with Gasteiger partial charge in [0.2, 0.25) is 0 Å². The van der Waals surface area contributed by atoms with Crippen LogP contribution in [0.4, 0.5) is 4.39 Å². The zero-order valence-corrected chi connectivity index (χ0v) is 14.4. The van der Waals surface area contributed by atoms with Crippen LogP contribution in [0.1, 0.15) is 84.5 Å². The number of carbonyl (C=O) groups excluding carboxylic acids is 1. The summed E-state index contributed by atoms with van der Waals surface area (Å²) in [7, 11) is 0. The number of esters is 1. The molecule has 2 rings (SSSR count). The van der Waals surface area contributed by atoms with Gasteiger partial charge in [0.25, 0.3) is 0 Å². The van der Waals surface area contributed by atoms with Crippen molar-refractivity contribution in [3.8, 4) is 0 Å². The predicted octanol–water partition coefficient (Wildman–Crippen LogP) is 5.44. The number of carbonyl (C=O) groups is 1. The molecule has 128 valence electrons. The first-order chi connectivity index (χ1) is 10.6. The molecule has 3 heteroatoms. The minimum absolute atomic E-state index is 0.0545. The van der Waals surface area contributed by atoms with Crippen LogP contribution in [0.25, 0.3) is 0 Å². The molecule has 2 nitrogen and oxygen atoms in total. The summed E-state index contributed by atoms with van der Waals surface area (Å²) in [5.41, 5.74) is 0. The van der Waals surface area contributed by atoms with Crippen LogP contribution in [0.2, 0.25) is 0 Å². The van der Waals surface area contributed by atoms with Gasteiger partial charge < -0.3 is 4.74 Å². The summed E-state index contributed by atoms with van der Waals surface area (Å²) in [6, 6.07) is 0. The second-order valence-electron chi connectivity index (χ2n) is 7.44. The van der Waals surface area contributed by atoms with Gasteiger partial charge in [-0.25, -0.2) is 4.39 Å². The summed E-state index contributed by atoms with van der Waals surface area (Å²) in [4.78, 5) is 12.3. The van der Waals surface area contributed by atoms with Gasteiger partial charge >= 0.3 is 5.97 Å². The molecule has 0 amide bonds. The van der Waals surface area contributed by atoms with Gasteiger partial charge in [0.1, 0.15) is 12.3 Å². The van der Waals surface area contributed by atoms with Crippen LogP contribution in [-0.2, 0) is 9.53 Å². The molecule has 2 fully saturated rings. The quantitative estimate of drug-likeness (QED) is 0.610. The maximum Gasteiger partial charge on any atom is 0.309 e. The summed E-state index contributed by atoms with van der Waals surface area (Å²) in [5.74, 6) is 0.999. The highest BCUT2D eigenvalue weighted by molar-refractivity contribution is 5.72. The molecule has 2 aliphatic rings. The zero-order chi connectivity index (χ0) is 15.9. The Balaban J connectivity index is 1.72. The van der Waals surface area contributed by atoms with Gasteiger partial charge in [0.15, 0.2) is 0 Å². The van der Waals surface area contributed by atoms with Gasteiger partial charge in [-0.15, -0.1) is 0 Å². The molecule has 2 saturated carbocycles. The Labute approximate surface area is 135 Å². The van der Waals surface area contributed by atoms with E-state index in [1.54, 1.807) is 0 Å². The second kappa shape index (κ2) is 8.88. The van der Waals surface area contributed by atoms with Crippen molar-refractivity contribution in [2.45, 2.75) is 96.8 Å². The molecule has 0 saturated heterocycles. The van der Waals surface area contributed by atoms with Crippen molar-refractivity contribution < 1.29 is 13.9 Å². The van der Waals surface area contributed by atoms with E-state index in [0.29, 0.717) is 6.42 Å². The SMILES string of the molecule is CCCC1CCC(C(=O)OC2CCC(CCC)C(F)C2)CC1. The van der Waals surface area contributed by atoms with Crippen LogP contribution in [0.15, 0.2) is 0 Å². The lowest BCUT2D eigenvalue weighted by Gasteiger charge is -2.33. The highest BCUT2D eigenvalue weighted by Crippen LogP contribution is 2.35. The first-order valence-electron chi connectivity index (χ1n) is 9.48. The molecular weight excluding hydrogens is 279 g/mol. The van der Waals surface area contributed by atoms with Gasteiger partial charge in [-0.3, -0.25) is 4.79 Å². The third-order valence-corrected chi connectivity index (χ3v) is 5.68. The molecule has 0 spiro atoms. The molecule has 3 unspecified atom stereocenters. The summed E-state index contributed by atoms with van der Waals surface area (Å²) < 4.78 is 19.8. The van der Waals surface area contributed by atoms with E-state index in [0.717, 1.165) is 57.3 Å². The normalized spacial score (nSPS) is 36.0. The standard InChI is InChI=1S/C19H33FO2/c1-3-5-14-7-9-16(10-8-14)19(21)22-17-12-11-15(6-4-2)18(20)13-17/h14-18H,3-13H2,1-2H3. The third-order valence-electron chi connectivity index (χ3n) is 5.68. The van der Waals surface area contributed by atoms with Crippen molar-refractivity contribution >= 4 is 5.97 Å². The molecule has 2 aliphatic carbocycles. The molecule has 0 aromatic carbocycles. The van der Waals surface area contributed by atoms with Crippen molar-refractivity contribution in [2.75, 3.05) is 0 Å². The lowest BCUT2D eigenvalue weighted by Crippen LogP contribution is -2.34.